The van der Waals surface area contributed by atoms with Gasteiger partial charge in [0.15, 0.2) is 0 Å². The molecule has 1 saturated heterocycles. The molecule has 2 fully saturated rings. The number of rotatable bonds is 7. The van der Waals surface area contributed by atoms with E-state index in [0.29, 0.717) is 25.8 Å². The van der Waals surface area contributed by atoms with Crippen LogP contribution in [0.5, 0.6) is 0 Å². The minimum absolute atomic E-state index is 0.0320. The lowest BCUT2D eigenvalue weighted by atomic mass is 9.97. The third kappa shape index (κ3) is 5.69. The molecule has 148 valence electrons. The van der Waals surface area contributed by atoms with Gasteiger partial charge >= 0.3 is 5.97 Å². The minimum atomic E-state index is -0.862. The van der Waals surface area contributed by atoms with Crippen LogP contribution >= 0.6 is 0 Å². The second kappa shape index (κ2) is 9.90. The minimum Gasteiger partial charge on any atom is -0.481 e. The third-order valence-corrected chi connectivity index (χ3v) is 5.43. The molecule has 2 atom stereocenters. The third-order valence-electron chi connectivity index (χ3n) is 5.43. The van der Waals surface area contributed by atoms with Gasteiger partial charge in [0.05, 0.1) is 18.6 Å². The van der Waals surface area contributed by atoms with Gasteiger partial charge in [0.25, 0.3) is 5.91 Å². The van der Waals surface area contributed by atoms with Gasteiger partial charge in [0.1, 0.15) is 6.10 Å². The van der Waals surface area contributed by atoms with Crippen LogP contribution < -0.4 is 0 Å². The van der Waals surface area contributed by atoms with E-state index in [1.165, 1.54) is 11.3 Å². The molecular weight excluding hydrogens is 336 g/mol. The Morgan fingerprint density at radius 2 is 1.85 bits per heavy atom. The highest BCUT2D eigenvalue weighted by Gasteiger charge is 2.31. The zero-order valence-electron chi connectivity index (χ0n) is 16.0. The number of likely N-dealkylation sites (N-methyl/N-ethyl adjacent to an activating group) is 1. The molecule has 7 nitrogen and oxygen atoms in total. The molecule has 2 rings (SSSR count). The van der Waals surface area contributed by atoms with Crippen molar-refractivity contribution in [1.82, 2.24) is 9.80 Å². The van der Waals surface area contributed by atoms with Gasteiger partial charge in [0.2, 0.25) is 5.91 Å². The number of nitrogens with zero attached hydrogens (tertiary/aromatic N) is 2. The highest BCUT2D eigenvalue weighted by Crippen LogP contribution is 2.23. The van der Waals surface area contributed by atoms with Crippen molar-refractivity contribution < 1.29 is 24.2 Å². The second-order valence-corrected chi connectivity index (χ2v) is 7.50. The summed E-state index contributed by atoms with van der Waals surface area (Å²) in [5.74, 6) is -1.73. The molecule has 0 aromatic rings. The standard InChI is InChI=1S/C19H32N2O5/c1-3-16(26-15-9-5-4-6-10-15)18(23)20(2)13-17(22)21-11-7-8-14(12-21)19(24)25/h14-16H,3-13H2,1-2H3,(H,24,25). The van der Waals surface area contributed by atoms with E-state index in [1.54, 1.807) is 11.9 Å². The van der Waals surface area contributed by atoms with E-state index in [2.05, 4.69) is 0 Å². The molecule has 1 aliphatic carbocycles. The first kappa shape index (κ1) is 20.7. The van der Waals surface area contributed by atoms with Crippen molar-refractivity contribution in [3.8, 4) is 0 Å². The predicted octanol–water partition coefficient (Wildman–Crippen LogP) is 1.90. The average Bonchev–Trinajstić information content (AvgIpc) is 2.66. The molecule has 0 bridgehead atoms. The summed E-state index contributed by atoms with van der Waals surface area (Å²) >= 11 is 0. The van der Waals surface area contributed by atoms with Crippen LogP contribution in [0.1, 0.15) is 58.3 Å². The van der Waals surface area contributed by atoms with Crippen molar-refractivity contribution in [2.75, 3.05) is 26.7 Å². The summed E-state index contributed by atoms with van der Waals surface area (Å²) in [5, 5.41) is 9.15. The summed E-state index contributed by atoms with van der Waals surface area (Å²) in [6, 6.07) is 0. The first-order chi connectivity index (χ1) is 12.4. The molecule has 0 spiro atoms. The average molecular weight is 368 g/mol. The fourth-order valence-electron chi connectivity index (χ4n) is 3.79. The fourth-order valence-corrected chi connectivity index (χ4v) is 3.79. The summed E-state index contributed by atoms with van der Waals surface area (Å²) in [5.41, 5.74) is 0. The van der Waals surface area contributed by atoms with Gasteiger partial charge in [-0.15, -0.1) is 0 Å². The number of aliphatic carboxylic acids is 1. The van der Waals surface area contributed by atoms with Crippen LogP contribution in [0.25, 0.3) is 0 Å². The van der Waals surface area contributed by atoms with E-state index >= 15 is 0 Å². The number of carbonyl (C=O) groups is 3. The Hall–Kier alpha value is -1.63. The normalized spacial score (nSPS) is 22.7. The van der Waals surface area contributed by atoms with Crippen molar-refractivity contribution in [3.63, 3.8) is 0 Å². The first-order valence-corrected chi connectivity index (χ1v) is 9.83. The first-order valence-electron chi connectivity index (χ1n) is 9.83. The van der Waals surface area contributed by atoms with Crippen LogP contribution in [0, 0.1) is 5.92 Å². The zero-order valence-corrected chi connectivity index (χ0v) is 16.0. The van der Waals surface area contributed by atoms with E-state index in [4.69, 9.17) is 9.84 Å². The summed E-state index contributed by atoms with van der Waals surface area (Å²) < 4.78 is 6.01. The largest absolute Gasteiger partial charge is 0.481 e. The topological polar surface area (TPSA) is 87.2 Å². The van der Waals surface area contributed by atoms with E-state index in [9.17, 15) is 14.4 Å². The number of hydrogen-bond donors (Lipinski definition) is 1. The van der Waals surface area contributed by atoms with Crippen LogP contribution in [-0.2, 0) is 19.1 Å². The van der Waals surface area contributed by atoms with E-state index in [1.807, 2.05) is 6.92 Å². The Morgan fingerprint density at radius 3 is 2.46 bits per heavy atom. The van der Waals surface area contributed by atoms with Crippen LogP contribution in [0.15, 0.2) is 0 Å². The van der Waals surface area contributed by atoms with Gasteiger partial charge < -0.3 is 19.6 Å². The zero-order chi connectivity index (χ0) is 19.1. The van der Waals surface area contributed by atoms with Crippen LogP contribution in [0.3, 0.4) is 0 Å². The van der Waals surface area contributed by atoms with E-state index < -0.39 is 18.0 Å². The van der Waals surface area contributed by atoms with Crippen LogP contribution in [0.4, 0.5) is 0 Å². The Kier molecular flexibility index (Phi) is 7.87. The smallest absolute Gasteiger partial charge is 0.308 e. The molecule has 2 aliphatic rings. The molecule has 2 unspecified atom stereocenters. The molecule has 0 radical (unpaired) electrons. The number of ether oxygens (including phenoxy) is 1. The Balaban J connectivity index is 1.85. The van der Waals surface area contributed by atoms with Crippen molar-refractivity contribution in [2.24, 2.45) is 5.92 Å². The van der Waals surface area contributed by atoms with Crippen molar-refractivity contribution >= 4 is 17.8 Å². The number of hydrogen-bond acceptors (Lipinski definition) is 4. The quantitative estimate of drug-likeness (QED) is 0.741. The summed E-state index contributed by atoms with van der Waals surface area (Å²) in [7, 11) is 1.62. The Bertz CT molecular complexity index is 504. The Labute approximate surface area is 155 Å². The summed E-state index contributed by atoms with van der Waals surface area (Å²) in [6.07, 6.45) is 7.00. The van der Waals surface area contributed by atoms with Crippen LogP contribution in [0.2, 0.25) is 0 Å². The molecule has 7 heteroatoms. The van der Waals surface area contributed by atoms with Gasteiger partial charge in [-0.1, -0.05) is 26.2 Å². The van der Waals surface area contributed by atoms with Crippen molar-refractivity contribution in [2.45, 2.75) is 70.5 Å². The lowest BCUT2D eigenvalue weighted by molar-refractivity contribution is -0.153. The number of carboxylic acid groups (broad SMARTS) is 1. The van der Waals surface area contributed by atoms with Gasteiger partial charge in [-0.3, -0.25) is 14.4 Å². The molecule has 0 aromatic carbocycles. The summed E-state index contributed by atoms with van der Waals surface area (Å²) in [4.78, 5) is 39.3. The maximum Gasteiger partial charge on any atom is 0.308 e. The molecule has 1 heterocycles. The van der Waals surface area contributed by atoms with Crippen LogP contribution in [-0.4, -0.2) is 71.6 Å². The maximum absolute atomic E-state index is 12.7. The number of piperidine rings is 1. The lowest BCUT2D eigenvalue weighted by Gasteiger charge is -2.33. The number of amides is 2. The molecule has 1 aliphatic heterocycles. The Morgan fingerprint density at radius 1 is 1.15 bits per heavy atom. The number of likely N-dealkylation sites (tertiary alicyclic amines) is 1. The number of carboxylic acids is 1. The molecule has 1 saturated carbocycles. The van der Waals surface area contributed by atoms with Gasteiger partial charge in [-0.2, -0.15) is 0 Å². The SMILES string of the molecule is CCC(OC1CCCCC1)C(=O)N(C)CC(=O)N1CCCC(C(=O)O)C1. The maximum atomic E-state index is 12.7. The van der Waals surface area contributed by atoms with E-state index in [-0.39, 0.29) is 31.0 Å². The summed E-state index contributed by atoms with van der Waals surface area (Å²) in [6.45, 7) is 2.67. The van der Waals surface area contributed by atoms with Gasteiger partial charge in [0, 0.05) is 20.1 Å². The molecule has 1 N–H and O–H groups in total. The molecular formula is C19H32N2O5. The second-order valence-electron chi connectivity index (χ2n) is 7.50. The highest BCUT2D eigenvalue weighted by molar-refractivity contribution is 5.87. The van der Waals surface area contributed by atoms with Crippen molar-refractivity contribution in [1.29, 1.82) is 0 Å². The molecule has 26 heavy (non-hydrogen) atoms. The predicted molar refractivity (Wildman–Crippen MR) is 96.6 cm³/mol. The van der Waals surface area contributed by atoms with E-state index in [0.717, 1.165) is 25.7 Å². The van der Waals surface area contributed by atoms with Gasteiger partial charge in [-0.25, -0.2) is 0 Å². The fraction of sp³-hybridized carbons (Fsp3) is 0.842. The number of carbonyl (C=O) groups excluding carboxylic acids is 2. The monoisotopic (exact) mass is 368 g/mol. The highest BCUT2D eigenvalue weighted by atomic mass is 16.5. The van der Waals surface area contributed by atoms with Crippen molar-refractivity contribution in [3.05, 3.63) is 0 Å². The lowest BCUT2D eigenvalue weighted by Crippen LogP contribution is -2.49. The molecule has 0 aromatic heterocycles. The molecule has 2 amide bonds. The van der Waals surface area contributed by atoms with Gasteiger partial charge in [-0.05, 0) is 32.1 Å².